The van der Waals surface area contributed by atoms with E-state index < -0.39 is 0 Å². The zero-order valence-corrected chi connectivity index (χ0v) is 10.6. The second kappa shape index (κ2) is 5.67. The monoisotopic (exact) mass is 216 g/mol. The van der Waals surface area contributed by atoms with E-state index in [9.17, 15) is 0 Å². The molecule has 0 aliphatic rings. The third kappa shape index (κ3) is 3.08. The van der Waals surface area contributed by atoms with Crippen LogP contribution < -0.4 is 0 Å². The Bertz CT molecular complexity index is 370. The zero-order valence-electron chi connectivity index (χ0n) is 10.6. The van der Waals surface area contributed by atoms with Crippen LogP contribution in [0.15, 0.2) is 18.2 Å². The van der Waals surface area contributed by atoms with E-state index in [0.717, 1.165) is 6.54 Å². The molecule has 0 N–H and O–H groups in total. The van der Waals surface area contributed by atoms with E-state index in [1.54, 1.807) is 0 Å². The minimum atomic E-state index is 0.309. The fraction of sp³-hybridized carbons (Fsp3) is 0.500. The van der Waals surface area contributed by atoms with Crippen LogP contribution in [0, 0.1) is 25.2 Å². The largest absolute Gasteiger partial charge is 0.298 e. The maximum absolute atomic E-state index is 8.68. The highest BCUT2D eigenvalue weighted by atomic mass is 15.1. The van der Waals surface area contributed by atoms with Crippen molar-refractivity contribution in [2.45, 2.75) is 39.8 Å². The van der Waals surface area contributed by atoms with Crippen LogP contribution in [0.3, 0.4) is 0 Å². The molecule has 1 aromatic rings. The lowest BCUT2D eigenvalue weighted by Gasteiger charge is -2.24. The molecule has 0 aliphatic carbocycles. The lowest BCUT2D eigenvalue weighted by molar-refractivity contribution is 0.251. The van der Waals surface area contributed by atoms with Crippen LogP contribution in [0.1, 0.15) is 30.0 Å². The maximum Gasteiger partial charge on any atom is 0.0638 e. The first kappa shape index (κ1) is 12.7. The molecule has 1 rings (SSSR count). The Morgan fingerprint density at radius 2 is 1.88 bits per heavy atom. The van der Waals surface area contributed by atoms with Gasteiger partial charge < -0.3 is 0 Å². The average Bonchev–Trinajstić information content (AvgIpc) is 2.23. The van der Waals surface area contributed by atoms with Crippen LogP contribution in [0.2, 0.25) is 0 Å². The van der Waals surface area contributed by atoms with Gasteiger partial charge in [-0.3, -0.25) is 4.90 Å². The summed E-state index contributed by atoms with van der Waals surface area (Å²) in [5.74, 6) is 0. The topological polar surface area (TPSA) is 27.0 Å². The second-order valence-corrected chi connectivity index (χ2v) is 4.50. The van der Waals surface area contributed by atoms with Crippen LogP contribution in [0.4, 0.5) is 0 Å². The number of hydrogen-bond acceptors (Lipinski definition) is 2. The summed E-state index contributed by atoms with van der Waals surface area (Å²) in [4.78, 5) is 2.23. The second-order valence-electron chi connectivity index (χ2n) is 4.50. The molecule has 1 atom stereocenters. The van der Waals surface area contributed by atoms with Crippen LogP contribution >= 0.6 is 0 Å². The minimum absolute atomic E-state index is 0.309. The van der Waals surface area contributed by atoms with E-state index in [4.69, 9.17) is 5.26 Å². The van der Waals surface area contributed by atoms with Gasteiger partial charge in [-0.05, 0) is 44.5 Å². The van der Waals surface area contributed by atoms with Gasteiger partial charge in [0.1, 0.15) is 0 Å². The summed E-state index contributed by atoms with van der Waals surface area (Å²) in [5.41, 5.74) is 4.04. The molecular formula is C14H20N2. The van der Waals surface area contributed by atoms with E-state index in [2.05, 4.69) is 57.0 Å². The summed E-state index contributed by atoms with van der Waals surface area (Å²) in [7, 11) is 2.08. The van der Waals surface area contributed by atoms with Crippen molar-refractivity contribution in [2.24, 2.45) is 0 Å². The van der Waals surface area contributed by atoms with Gasteiger partial charge in [0, 0.05) is 12.6 Å². The summed E-state index contributed by atoms with van der Waals surface area (Å²) < 4.78 is 0. The highest BCUT2D eigenvalue weighted by Crippen LogP contribution is 2.16. The van der Waals surface area contributed by atoms with Crippen molar-refractivity contribution in [3.8, 4) is 6.07 Å². The third-order valence-corrected chi connectivity index (χ3v) is 3.19. The van der Waals surface area contributed by atoms with Crippen LogP contribution in [0.25, 0.3) is 0 Å². The average molecular weight is 216 g/mol. The first-order valence-electron chi connectivity index (χ1n) is 5.68. The molecule has 0 saturated heterocycles. The lowest BCUT2D eigenvalue weighted by Crippen LogP contribution is -2.28. The van der Waals surface area contributed by atoms with Gasteiger partial charge in [0.2, 0.25) is 0 Å². The molecule has 0 amide bonds. The van der Waals surface area contributed by atoms with E-state index in [-0.39, 0.29) is 0 Å². The molecule has 86 valence electrons. The molecule has 0 fully saturated rings. The molecule has 0 bridgehead atoms. The van der Waals surface area contributed by atoms with Crippen molar-refractivity contribution < 1.29 is 0 Å². The van der Waals surface area contributed by atoms with Crippen LogP contribution in [-0.2, 0) is 6.54 Å². The van der Waals surface area contributed by atoms with Gasteiger partial charge in [0.15, 0.2) is 0 Å². The van der Waals surface area contributed by atoms with E-state index >= 15 is 0 Å². The van der Waals surface area contributed by atoms with Gasteiger partial charge in [-0.1, -0.05) is 18.2 Å². The Hall–Kier alpha value is -1.33. The van der Waals surface area contributed by atoms with Gasteiger partial charge in [0.25, 0.3) is 0 Å². The Morgan fingerprint density at radius 1 is 1.31 bits per heavy atom. The molecule has 1 unspecified atom stereocenters. The molecule has 1 aromatic carbocycles. The van der Waals surface area contributed by atoms with Crippen LogP contribution in [-0.4, -0.2) is 18.0 Å². The number of aryl methyl sites for hydroxylation is 2. The van der Waals surface area contributed by atoms with Crippen molar-refractivity contribution in [3.05, 3.63) is 34.9 Å². The fourth-order valence-corrected chi connectivity index (χ4v) is 1.79. The molecule has 0 aliphatic heterocycles. The number of benzene rings is 1. The predicted molar refractivity (Wildman–Crippen MR) is 67.1 cm³/mol. The van der Waals surface area contributed by atoms with Crippen molar-refractivity contribution >= 4 is 0 Å². The molecule has 0 heterocycles. The molecule has 16 heavy (non-hydrogen) atoms. The SMILES string of the molecule is Cc1cccc(C)c1CN(C)C(C)CC#N. The van der Waals surface area contributed by atoms with Gasteiger partial charge in [-0.15, -0.1) is 0 Å². The van der Waals surface area contributed by atoms with Crippen molar-refractivity contribution in [2.75, 3.05) is 7.05 Å². The Kier molecular flexibility index (Phi) is 4.52. The van der Waals surface area contributed by atoms with Gasteiger partial charge in [-0.2, -0.15) is 5.26 Å². The van der Waals surface area contributed by atoms with E-state index in [0.29, 0.717) is 12.5 Å². The Balaban J connectivity index is 2.77. The fourth-order valence-electron chi connectivity index (χ4n) is 1.79. The zero-order chi connectivity index (χ0) is 12.1. The first-order valence-corrected chi connectivity index (χ1v) is 5.68. The van der Waals surface area contributed by atoms with Crippen molar-refractivity contribution in [1.29, 1.82) is 5.26 Å². The minimum Gasteiger partial charge on any atom is -0.298 e. The summed E-state index contributed by atoms with van der Waals surface area (Å²) in [6.45, 7) is 7.30. The van der Waals surface area contributed by atoms with E-state index in [1.165, 1.54) is 16.7 Å². The Morgan fingerprint density at radius 3 is 2.38 bits per heavy atom. The predicted octanol–water partition coefficient (Wildman–Crippen LogP) is 3.04. The summed E-state index contributed by atoms with van der Waals surface area (Å²) >= 11 is 0. The van der Waals surface area contributed by atoms with Crippen molar-refractivity contribution in [1.82, 2.24) is 4.90 Å². The van der Waals surface area contributed by atoms with Gasteiger partial charge >= 0.3 is 0 Å². The lowest BCUT2D eigenvalue weighted by atomic mass is 10.0. The number of hydrogen-bond donors (Lipinski definition) is 0. The number of rotatable bonds is 4. The normalized spacial score (nSPS) is 12.5. The summed E-state index contributed by atoms with van der Waals surface area (Å²) in [6, 6.07) is 8.91. The molecule has 2 heteroatoms. The number of nitriles is 1. The molecular weight excluding hydrogens is 196 g/mol. The van der Waals surface area contributed by atoms with Crippen LogP contribution in [0.5, 0.6) is 0 Å². The van der Waals surface area contributed by atoms with E-state index in [1.807, 2.05) is 0 Å². The van der Waals surface area contributed by atoms with Gasteiger partial charge in [0.05, 0.1) is 12.5 Å². The molecule has 0 spiro atoms. The number of nitrogens with zero attached hydrogens (tertiary/aromatic N) is 2. The smallest absolute Gasteiger partial charge is 0.0638 e. The molecule has 0 saturated carbocycles. The standard InChI is InChI=1S/C14H20N2/c1-11-6-5-7-12(2)14(11)10-16(4)13(3)8-9-15/h5-7,13H,8,10H2,1-4H3. The van der Waals surface area contributed by atoms with Crippen molar-refractivity contribution in [3.63, 3.8) is 0 Å². The molecule has 0 radical (unpaired) electrons. The third-order valence-electron chi connectivity index (χ3n) is 3.19. The summed E-state index contributed by atoms with van der Waals surface area (Å²) in [5, 5.41) is 8.68. The molecule has 2 nitrogen and oxygen atoms in total. The molecule has 0 aromatic heterocycles. The highest BCUT2D eigenvalue weighted by molar-refractivity contribution is 5.33. The van der Waals surface area contributed by atoms with Gasteiger partial charge in [-0.25, -0.2) is 0 Å². The first-order chi connectivity index (χ1) is 7.56. The quantitative estimate of drug-likeness (QED) is 0.773. The Labute approximate surface area is 98.5 Å². The summed E-state index contributed by atoms with van der Waals surface area (Å²) in [6.07, 6.45) is 0.585. The highest BCUT2D eigenvalue weighted by Gasteiger charge is 2.11. The maximum atomic E-state index is 8.68.